The van der Waals surface area contributed by atoms with Gasteiger partial charge >= 0.3 is 0 Å². The Balaban J connectivity index is 1.67. The van der Waals surface area contributed by atoms with Gasteiger partial charge in [0.25, 0.3) is 0 Å². The topological polar surface area (TPSA) is 83.7 Å². The van der Waals surface area contributed by atoms with Crippen molar-refractivity contribution in [3.8, 4) is 0 Å². The Labute approximate surface area is 150 Å². The van der Waals surface area contributed by atoms with Gasteiger partial charge < -0.3 is 10.6 Å². The second kappa shape index (κ2) is 7.43. The van der Waals surface area contributed by atoms with Crippen molar-refractivity contribution in [2.45, 2.75) is 50.0 Å². The van der Waals surface area contributed by atoms with Crippen molar-refractivity contribution < 1.29 is 13.2 Å². The van der Waals surface area contributed by atoms with Crippen LogP contribution in [-0.4, -0.2) is 55.8 Å². The quantitative estimate of drug-likeness (QED) is 0.848. The highest BCUT2D eigenvalue weighted by Crippen LogP contribution is 2.26. The van der Waals surface area contributed by atoms with Crippen molar-refractivity contribution in [2.24, 2.45) is 5.73 Å². The lowest BCUT2D eigenvalue weighted by molar-refractivity contribution is -0.133. The summed E-state index contributed by atoms with van der Waals surface area (Å²) in [4.78, 5) is 14.3. The fourth-order valence-electron chi connectivity index (χ4n) is 3.68. The Kier molecular flexibility index (Phi) is 5.46. The number of hydrogen-bond donors (Lipinski definition) is 1. The first kappa shape index (κ1) is 18.4. The molecule has 2 N–H and O–H groups in total. The van der Waals surface area contributed by atoms with E-state index < -0.39 is 16.1 Å². The predicted molar refractivity (Wildman–Crippen MR) is 96.7 cm³/mol. The van der Waals surface area contributed by atoms with E-state index in [2.05, 4.69) is 0 Å². The van der Waals surface area contributed by atoms with Crippen LogP contribution in [0.4, 0.5) is 0 Å². The van der Waals surface area contributed by atoms with E-state index in [0.717, 1.165) is 31.2 Å². The number of nitrogens with zero attached hydrogens (tertiary/aromatic N) is 2. The van der Waals surface area contributed by atoms with Gasteiger partial charge in [-0.05, 0) is 48.9 Å². The number of sulfonamides is 1. The summed E-state index contributed by atoms with van der Waals surface area (Å²) in [5.74, 6) is -0.0728. The molecule has 0 bridgehead atoms. The Morgan fingerprint density at radius 2 is 1.84 bits per heavy atom. The van der Waals surface area contributed by atoms with E-state index in [-0.39, 0.29) is 5.91 Å². The summed E-state index contributed by atoms with van der Waals surface area (Å²) in [6.07, 6.45) is 4.61. The van der Waals surface area contributed by atoms with E-state index in [1.807, 2.05) is 19.1 Å². The molecule has 1 aliphatic carbocycles. The average molecular weight is 365 g/mol. The second-order valence-electron chi connectivity index (χ2n) is 6.91. The molecule has 1 heterocycles. The minimum Gasteiger partial charge on any atom is -0.339 e. The van der Waals surface area contributed by atoms with Gasteiger partial charge in [0.05, 0.1) is 10.9 Å². The first-order valence-electron chi connectivity index (χ1n) is 9.10. The molecule has 1 saturated heterocycles. The molecule has 6 nitrogen and oxygen atoms in total. The molecule has 25 heavy (non-hydrogen) atoms. The summed E-state index contributed by atoms with van der Waals surface area (Å²) in [5.41, 5.74) is 8.32. The lowest BCUT2D eigenvalue weighted by Gasteiger charge is -2.35. The largest absolute Gasteiger partial charge is 0.339 e. The monoisotopic (exact) mass is 365 g/mol. The van der Waals surface area contributed by atoms with Crippen molar-refractivity contribution in [1.82, 2.24) is 9.21 Å². The highest BCUT2D eigenvalue weighted by atomic mass is 32.2. The lowest BCUT2D eigenvalue weighted by atomic mass is 10.1. The zero-order valence-corrected chi connectivity index (χ0v) is 15.6. The van der Waals surface area contributed by atoms with E-state index in [9.17, 15) is 13.2 Å². The van der Waals surface area contributed by atoms with Gasteiger partial charge in [-0.3, -0.25) is 4.79 Å². The Bertz CT molecular complexity index is 740. The van der Waals surface area contributed by atoms with E-state index >= 15 is 0 Å². The zero-order chi connectivity index (χ0) is 18.0. The molecule has 0 aromatic heterocycles. The molecule has 0 spiro atoms. The third-order valence-corrected chi connectivity index (χ3v) is 7.07. The molecular formula is C18H27N3O3S. The molecule has 1 atom stereocenters. The van der Waals surface area contributed by atoms with Crippen molar-refractivity contribution in [3.63, 3.8) is 0 Å². The highest BCUT2D eigenvalue weighted by molar-refractivity contribution is 7.89. The molecule has 1 aliphatic heterocycles. The number of hydrogen-bond acceptors (Lipinski definition) is 4. The smallest absolute Gasteiger partial charge is 0.243 e. The SMILES string of the molecule is CCCC(N)C(=O)N1CCN(S(=O)(=O)c2ccc3c(c2)CCC3)CC1. The number of piperazine rings is 1. The van der Waals surface area contributed by atoms with E-state index in [1.165, 1.54) is 9.87 Å². The standard InChI is InChI=1S/C18H27N3O3S/c1-2-4-17(19)18(22)20-9-11-21(12-10-20)25(23,24)16-8-7-14-5-3-6-15(14)13-16/h7-8,13,17H,2-6,9-12,19H2,1H3. The molecule has 2 aliphatic rings. The molecular weight excluding hydrogens is 338 g/mol. The summed E-state index contributed by atoms with van der Waals surface area (Å²) < 4.78 is 27.3. The fourth-order valence-corrected chi connectivity index (χ4v) is 5.15. The molecule has 1 aromatic carbocycles. The molecule has 0 radical (unpaired) electrons. The Morgan fingerprint density at radius 3 is 2.52 bits per heavy atom. The van der Waals surface area contributed by atoms with Gasteiger partial charge in [-0.25, -0.2) is 8.42 Å². The van der Waals surface area contributed by atoms with Crippen molar-refractivity contribution in [2.75, 3.05) is 26.2 Å². The number of rotatable bonds is 5. The maximum Gasteiger partial charge on any atom is 0.243 e. The minimum absolute atomic E-state index is 0.0728. The van der Waals surface area contributed by atoms with Gasteiger partial charge in [-0.15, -0.1) is 0 Å². The van der Waals surface area contributed by atoms with Crippen molar-refractivity contribution in [3.05, 3.63) is 29.3 Å². The third kappa shape index (κ3) is 3.73. The number of nitrogens with two attached hydrogens (primary N) is 1. The predicted octanol–water partition coefficient (Wildman–Crippen LogP) is 1.14. The average Bonchev–Trinajstić information content (AvgIpc) is 3.09. The normalized spacial score (nSPS) is 19.7. The van der Waals surface area contributed by atoms with Gasteiger partial charge in [0.1, 0.15) is 0 Å². The molecule has 1 fully saturated rings. The molecule has 138 valence electrons. The molecule has 3 rings (SSSR count). The first-order valence-corrected chi connectivity index (χ1v) is 10.5. The van der Waals surface area contributed by atoms with Crippen molar-refractivity contribution in [1.29, 1.82) is 0 Å². The summed E-state index contributed by atoms with van der Waals surface area (Å²) in [7, 11) is -3.50. The summed E-state index contributed by atoms with van der Waals surface area (Å²) in [6.45, 7) is 3.45. The minimum atomic E-state index is -3.50. The molecule has 0 saturated carbocycles. The Morgan fingerprint density at radius 1 is 1.16 bits per heavy atom. The Hall–Kier alpha value is -1.44. The van der Waals surface area contributed by atoms with Crippen LogP contribution in [0.2, 0.25) is 0 Å². The van der Waals surface area contributed by atoms with Gasteiger partial charge in [-0.2, -0.15) is 4.31 Å². The van der Waals surface area contributed by atoms with Crippen LogP contribution in [0.15, 0.2) is 23.1 Å². The van der Waals surface area contributed by atoms with Crippen LogP contribution in [-0.2, 0) is 27.7 Å². The zero-order valence-electron chi connectivity index (χ0n) is 14.8. The molecule has 1 aromatic rings. The van der Waals surface area contributed by atoms with Gasteiger partial charge in [0.15, 0.2) is 0 Å². The molecule has 1 unspecified atom stereocenters. The first-order chi connectivity index (χ1) is 11.9. The number of carbonyl (C=O) groups is 1. The van der Waals surface area contributed by atoms with Crippen LogP contribution in [0.25, 0.3) is 0 Å². The van der Waals surface area contributed by atoms with Gasteiger partial charge in [0, 0.05) is 26.2 Å². The van der Waals surface area contributed by atoms with E-state index in [1.54, 1.807) is 11.0 Å². The maximum absolute atomic E-state index is 12.9. The van der Waals surface area contributed by atoms with Crippen LogP contribution in [0.3, 0.4) is 0 Å². The number of carbonyl (C=O) groups excluding carboxylic acids is 1. The number of aryl methyl sites for hydroxylation is 2. The van der Waals surface area contributed by atoms with Crippen LogP contribution in [0, 0.1) is 0 Å². The van der Waals surface area contributed by atoms with E-state index in [0.29, 0.717) is 37.5 Å². The van der Waals surface area contributed by atoms with Crippen LogP contribution in [0.5, 0.6) is 0 Å². The van der Waals surface area contributed by atoms with Crippen molar-refractivity contribution >= 4 is 15.9 Å². The highest BCUT2D eigenvalue weighted by Gasteiger charge is 2.32. The summed E-state index contributed by atoms with van der Waals surface area (Å²) >= 11 is 0. The van der Waals surface area contributed by atoms with Gasteiger partial charge in [0.2, 0.25) is 15.9 Å². The molecule has 7 heteroatoms. The van der Waals surface area contributed by atoms with Crippen LogP contribution >= 0.6 is 0 Å². The number of benzene rings is 1. The fraction of sp³-hybridized carbons (Fsp3) is 0.611. The van der Waals surface area contributed by atoms with E-state index in [4.69, 9.17) is 5.73 Å². The number of amides is 1. The van der Waals surface area contributed by atoms with Crippen LogP contribution in [0.1, 0.15) is 37.3 Å². The maximum atomic E-state index is 12.9. The van der Waals surface area contributed by atoms with Crippen LogP contribution < -0.4 is 5.73 Å². The molecule has 1 amide bonds. The third-order valence-electron chi connectivity index (χ3n) is 5.17. The lowest BCUT2D eigenvalue weighted by Crippen LogP contribution is -2.54. The number of fused-ring (bicyclic) bond motifs is 1. The second-order valence-corrected chi connectivity index (χ2v) is 8.85. The summed E-state index contributed by atoms with van der Waals surface area (Å²) in [5, 5.41) is 0. The summed E-state index contributed by atoms with van der Waals surface area (Å²) in [6, 6.07) is 5.00. The van der Waals surface area contributed by atoms with Gasteiger partial charge in [-0.1, -0.05) is 19.4 Å².